The number of hydrogen-bond donors (Lipinski definition) is 2. The van der Waals surface area contributed by atoms with Crippen LogP contribution in [0.1, 0.15) is 39.0 Å². The van der Waals surface area contributed by atoms with E-state index >= 15 is 0 Å². The van der Waals surface area contributed by atoms with Gasteiger partial charge in [-0.25, -0.2) is 0 Å². The summed E-state index contributed by atoms with van der Waals surface area (Å²) in [4.78, 5) is 0. The third-order valence-corrected chi connectivity index (χ3v) is 4.25. The number of aliphatic hydroxyl groups is 1. The number of rotatable bonds is 7. The molecule has 0 saturated heterocycles. The SMILES string of the molecule is CCNC(CO)CCSC1CCCC1. The highest BCUT2D eigenvalue weighted by atomic mass is 32.2. The van der Waals surface area contributed by atoms with Gasteiger partial charge in [-0.05, 0) is 31.6 Å². The summed E-state index contributed by atoms with van der Waals surface area (Å²) in [6, 6.07) is 0.314. The van der Waals surface area contributed by atoms with Crippen LogP contribution in [0.5, 0.6) is 0 Å². The Labute approximate surface area is 91.9 Å². The van der Waals surface area contributed by atoms with Crippen molar-refractivity contribution >= 4 is 11.8 Å². The van der Waals surface area contributed by atoms with Crippen LogP contribution in [0.3, 0.4) is 0 Å². The van der Waals surface area contributed by atoms with Crippen LogP contribution in [0.4, 0.5) is 0 Å². The van der Waals surface area contributed by atoms with E-state index in [0.29, 0.717) is 6.04 Å². The van der Waals surface area contributed by atoms with Gasteiger partial charge in [0.1, 0.15) is 0 Å². The highest BCUT2D eigenvalue weighted by Crippen LogP contribution is 2.29. The molecule has 84 valence electrons. The first kappa shape index (κ1) is 12.3. The van der Waals surface area contributed by atoms with Gasteiger partial charge in [-0.2, -0.15) is 11.8 Å². The van der Waals surface area contributed by atoms with E-state index in [1.807, 2.05) is 0 Å². The first-order valence-electron chi connectivity index (χ1n) is 5.82. The van der Waals surface area contributed by atoms with Crippen molar-refractivity contribution < 1.29 is 5.11 Å². The molecule has 1 fully saturated rings. The Morgan fingerprint density at radius 3 is 2.71 bits per heavy atom. The van der Waals surface area contributed by atoms with Gasteiger partial charge < -0.3 is 10.4 Å². The fourth-order valence-electron chi connectivity index (χ4n) is 1.98. The molecule has 1 aliphatic rings. The van der Waals surface area contributed by atoms with Crippen molar-refractivity contribution in [1.82, 2.24) is 5.32 Å². The van der Waals surface area contributed by atoms with E-state index in [1.54, 1.807) is 0 Å². The van der Waals surface area contributed by atoms with Crippen LogP contribution in [0.2, 0.25) is 0 Å². The van der Waals surface area contributed by atoms with Crippen molar-refractivity contribution in [3.8, 4) is 0 Å². The van der Waals surface area contributed by atoms with E-state index in [0.717, 1.165) is 18.2 Å². The van der Waals surface area contributed by atoms with Gasteiger partial charge in [0.2, 0.25) is 0 Å². The Hall–Kier alpha value is 0.270. The molecule has 0 radical (unpaired) electrons. The second-order valence-corrected chi connectivity index (χ2v) is 5.41. The molecular weight excluding hydrogens is 194 g/mol. The minimum Gasteiger partial charge on any atom is -0.395 e. The van der Waals surface area contributed by atoms with E-state index in [2.05, 4.69) is 24.0 Å². The minimum atomic E-state index is 0.277. The van der Waals surface area contributed by atoms with Crippen molar-refractivity contribution in [2.24, 2.45) is 0 Å². The van der Waals surface area contributed by atoms with Crippen molar-refractivity contribution in [3.05, 3.63) is 0 Å². The maximum atomic E-state index is 9.08. The van der Waals surface area contributed by atoms with Crippen molar-refractivity contribution in [2.75, 3.05) is 18.9 Å². The molecule has 0 aromatic heterocycles. The van der Waals surface area contributed by atoms with E-state index in [4.69, 9.17) is 5.11 Å². The largest absolute Gasteiger partial charge is 0.395 e. The summed E-state index contributed by atoms with van der Waals surface area (Å²) in [7, 11) is 0. The van der Waals surface area contributed by atoms with Crippen LogP contribution < -0.4 is 5.32 Å². The summed E-state index contributed by atoms with van der Waals surface area (Å²) < 4.78 is 0. The Balaban J connectivity index is 2.00. The molecule has 1 unspecified atom stereocenters. The Bertz CT molecular complexity index is 137. The highest BCUT2D eigenvalue weighted by molar-refractivity contribution is 7.99. The first-order valence-corrected chi connectivity index (χ1v) is 6.87. The molecule has 1 saturated carbocycles. The number of likely N-dealkylation sites (N-methyl/N-ethyl adjacent to an activating group) is 1. The molecule has 0 amide bonds. The zero-order chi connectivity index (χ0) is 10.2. The van der Waals surface area contributed by atoms with Crippen LogP contribution in [-0.4, -0.2) is 35.3 Å². The lowest BCUT2D eigenvalue weighted by Crippen LogP contribution is -2.32. The standard InChI is InChI=1S/C11H23NOS/c1-2-12-10(9-13)7-8-14-11-5-3-4-6-11/h10-13H,2-9H2,1H3. The predicted molar refractivity (Wildman–Crippen MR) is 63.9 cm³/mol. The molecule has 1 aliphatic carbocycles. The Morgan fingerprint density at radius 2 is 2.14 bits per heavy atom. The molecule has 3 heteroatoms. The number of nitrogens with one attached hydrogen (secondary N) is 1. The molecule has 2 nitrogen and oxygen atoms in total. The lowest BCUT2D eigenvalue weighted by atomic mass is 10.2. The minimum absolute atomic E-state index is 0.277. The summed E-state index contributed by atoms with van der Waals surface area (Å²) in [6.07, 6.45) is 6.78. The lowest BCUT2D eigenvalue weighted by molar-refractivity contribution is 0.241. The average molecular weight is 217 g/mol. The summed E-state index contributed by atoms with van der Waals surface area (Å²) in [5.41, 5.74) is 0. The van der Waals surface area contributed by atoms with Gasteiger partial charge >= 0.3 is 0 Å². The summed E-state index contributed by atoms with van der Waals surface area (Å²) >= 11 is 2.10. The normalized spacial score (nSPS) is 20.1. The van der Waals surface area contributed by atoms with E-state index in [-0.39, 0.29) is 6.61 Å². The average Bonchev–Trinajstić information content (AvgIpc) is 2.69. The van der Waals surface area contributed by atoms with Crippen molar-refractivity contribution in [3.63, 3.8) is 0 Å². The van der Waals surface area contributed by atoms with E-state index < -0.39 is 0 Å². The lowest BCUT2D eigenvalue weighted by Gasteiger charge is -2.15. The molecule has 0 heterocycles. The predicted octanol–water partition coefficient (Wildman–Crippen LogP) is 2.02. The molecule has 14 heavy (non-hydrogen) atoms. The smallest absolute Gasteiger partial charge is 0.0584 e. The fourth-order valence-corrected chi connectivity index (χ4v) is 3.40. The molecule has 1 atom stereocenters. The van der Waals surface area contributed by atoms with Gasteiger partial charge in [-0.15, -0.1) is 0 Å². The molecule has 1 rings (SSSR count). The third-order valence-electron chi connectivity index (χ3n) is 2.84. The number of hydrogen-bond acceptors (Lipinski definition) is 3. The molecule has 0 aromatic carbocycles. The van der Waals surface area contributed by atoms with E-state index in [9.17, 15) is 0 Å². The molecule has 0 spiro atoms. The van der Waals surface area contributed by atoms with Crippen molar-refractivity contribution in [2.45, 2.75) is 50.3 Å². The van der Waals surface area contributed by atoms with Gasteiger partial charge in [0.05, 0.1) is 6.61 Å². The van der Waals surface area contributed by atoms with Gasteiger partial charge in [0.25, 0.3) is 0 Å². The first-order chi connectivity index (χ1) is 6.86. The quantitative estimate of drug-likeness (QED) is 0.684. The van der Waals surface area contributed by atoms with Gasteiger partial charge in [-0.3, -0.25) is 0 Å². The molecule has 0 bridgehead atoms. The number of thioether (sulfide) groups is 1. The summed E-state index contributed by atoms with van der Waals surface area (Å²) in [5, 5.41) is 13.3. The monoisotopic (exact) mass is 217 g/mol. The van der Waals surface area contributed by atoms with Crippen LogP contribution in [0, 0.1) is 0 Å². The van der Waals surface area contributed by atoms with Crippen LogP contribution in [0.15, 0.2) is 0 Å². The summed E-state index contributed by atoms with van der Waals surface area (Å²) in [5.74, 6) is 1.20. The zero-order valence-electron chi connectivity index (χ0n) is 9.17. The van der Waals surface area contributed by atoms with Gasteiger partial charge in [0, 0.05) is 11.3 Å². The number of aliphatic hydroxyl groups excluding tert-OH is 1. The molecule has 0 aliphatic heterocycles. The maximum absolute atomic E-state index is 9.08. The second kappa shape index (κ2) is 7.55. The molecule has 0 aromatic rings. The van der Waals surface area contributed by atoms with Crippen LogP contribution in [-0.2, 0) is 0 Å². The summed E-state index contributed by atoms with van der Waals surface area (Å²) in [6.45, 7) is 3.32. The van der Waals surface area contributed by atoms with E-state index in [1.165, 1.54) is 31.4 Å². The third kappa shape index (κ3) is 4.67. The molecular formula is C11H23NOS. The van der Waals surface area contributed by atoms with Gasteiger partial charge in [-0.1, -0.05) is 19.8 Å². The zero-order valence-corrected chi connectivity index (χ0v) is 9.98. The molecule has 2 N–H and O–H groups in total. The Kier molecular flexibility index (Phi) is 6.65. The second-order valence-electron chi connectivity index (χ2n) is 4.00. The fraction of sp³-hybridized carbons (Fsp3) is 1.00. The van der Waals surface area contributed by atoms with Gasteiger partial charge in [0.15, 0.2) is 0 Å². The Morgan fingerprint density at radius 1 is 1.43 bits per heavy atom. The van der Waals surface area contributed by atoms with Crippen molar-refractivity contribution in [1.29, 1.82) is 0 Å². The highest BCUT2D eigenvalue weighted by Gasteiger charge is 2.15. The topological polar surface area (TPSA) is 32.3 Å². The van der Waals surface area contributed by atoms with Crippen LogP contribution >= 0.6 is 11.8 Å². The maximum Gasteiger partial charge on any atom is 0.0584 e. The van der Waals surface area contributed by atoms with Crippen LogP contribution in [0.25, 0.3) is 0 Å².